The van der Waals surface area contributed by atoms with Gasteiger partial charge in [0.2, 0.25) is 0 Å². The van der Waals surface area contributed by atoms with Gasteiger partial charge in [0, 0.05) is 6.07 Å². The van der Waals surface area contributed by atoms with Crippen molar-refractivity contribution >= 4 is 14.1 Å². The van der Waals surface area contributed by atoms with Crippen LogP contribution in [0.5, 0.6) is 5.75 Å². The number of hydrogen-bond donors (Lipinski definition) is 2. The number of furan rings is 1. The Bertz CT molecular complexity index is 322. The van der Waals surface area contributed by atoms with Crippen molar-refractivity contribution in [3.8, 4) is 5.75 Å². The van der Waals surface area contributed by atoms with Crippen LogP contribution < -0.4 is 4.52 Å². The van der Waals surface area contributed by atoms with Crippen molar-refractivity contribution in [1.29, 1.82) is 0 Å². The van der Waals surface area contributed by atoms with Gasteiger partial charge in [0.05, 0.1) is 0 Å². The molecule has 12 heavy (non-hydrogen) atoms. The minimum absolute atomic E-state index is 0.0570. The van der Waals surface area contributed by atoms with Gasteiger partial charge in [-0.05, 0) is 0 Å². The topological polar surface area (TPSA) is 97.0 Å². The number of carbonyl (C=O) groups is 1. The zero-order valence-electron chi connectivity index (χ0n) is 5.71. The standard InChI is InChI=1S/C5H5O6P/c6-2-4-1-5(3-10-4)11-12(7,8)9/h1-3H,(H2,7,8,9). The molecule has 0 saturated carbocycles. The van der Waals surface area contributed by atoms with E-state index in [-0.39, 0.29) is 11.5 Å². The average Bonchev–Trinajstić information content (AvgIpc) is 2.32. The van der Waals surface area contributed by atoms with Crippen molar-refractivity contribution in [2.24, 2.45) is 0 Å². The molecule has 2 N–H and O–H groups in total. The highest BCUT2D eigenvalue weighted by Crippen LogP contribution is 2.37. The average molecular weight is 192 g/mol. The Morgan fingerprint density at radius 2 is 2.25 bits per heavy atom. The Morgan fingerprint density at radius 1 is 1.58 bits per heavy atom. The highest BCUT2D eigenvalue weighted by atomic mass is 31.2. The van der Waals surface area contributed by atoms with Crippen LogP contribution >= 0.6 is 7.82 Å². The molecule has 0 aromatic carbocycles. The lowest BCUT2D eigenvalue weighted by Crippen LogP contribution is -1.87. The third-order valence-corrected chi connectivity index (χ3v) is 1.38. The van der Waals surface area contributed by atoms with Gasteiger partial charge in [-0.15, -0.1) is 0 Å². The van der Waals surface area contributed by atoms with Crippen molar-refractivity contribution in [3.05, 3.63) is 18.1 Å². The molecule has 1 heterocycles. The third-order valence-electron chi connectivity index (χ3n) is 0.936. The van der Waals surface area contributed by atoms with Gasteiger partial charge < -0.3 is 8.94 Å². The van der Waals surface area contributed by atoms with Crippen LogP contribution in [-0.4, -0.2) is 16.1 Å². The SMILES string of the molecule is O=Cc1cc(OP(=O)(O)O)co1. The number of hydrogen-bond acceptors (Lipinski definition) is 4. The summed E-state index contributed by atoms with van der Waals surface area (Å²) in [5, 5.41) is 0. The molecule has 1 aromatic heterocycles. The van der Waals surface area contributed by atoms with Gasteiger partial charge in [0.15, 0.2) is 17.8 Å². The van der Waals surface area contributed by atoms with Gasteiger partial charge in [-0.2, -0.15) is 0 Å². The first kappa shape index (κ1) is 8.99. The second-order valence-corrected chi connectivity index (χ2v) is 3.05. The Labute approximate surface area is 67.0 Å². The second-order valence-electron chi connectivity index (χ2n) is 1.88. The highest BCUT2D eigenvalue weighted by Gasteiger charge is 2.17. The highest BCUT2D eigenvalue weighted by molar-refractivity contribution is 7.46. The summed E-state index contributed by atoms with van der Waals surface area (Å²) in [6.45, 7) is 0. The fourth-order valence-electron chi connectivity index (χ4n) is 0.581. The Morgan fingerprint density at radius 3 is 2.67 bits per heavy atom. The molecule has 0 aliphatic heterocycles. The van der Waals surface area contributed by atoms with E-state index in [0.29, 0.717) is 6.29 Å². The van der Waals surface area contributed by atoms with E-state index in [1.54, 1.807) is 0 Å². The van der Waals surface area contributed by atoms with Crippen molar-refractivity contribution in [3.63, 3.8) is 0 Å². The minimum Gasteiger partial charge on any atom is -0.458 e. The van der Waals surface area contributed by atoms with E-state index >= 15 is 0 Å². The van der Waals surface area contributed by atoms with E-state index in [1.165, 1.54) is 0 Å². The smallest absolute Gasteiger partial charge is 0.458 e. The summed E-state index contributed by atoms with van der Waals surface area (Å²) in [4.78, 5) is 26.7. The summed E-state index contributed by atoms with van der Waals surface area (Å²) < 4.78 is 18.9. The van der Waals surface area contributed by atoms with Crippen LogP contribution in [0.25, 0.3) is 0 Å². The number of phosphoric ester groups is 1. The van der Waals surface area contributed by atoms with Crippen LogP contribution in [0.2, 0.25) is 0 Å². The fourth-order valence-corrected chi connectivity index (χ4v) is 0.952. The summed E-state index contributed by atoms with van der Waals surface area (Å²) in [6, 6.07) is 1.08. The fraction of sp³-hybridized carbons (Fsp3) is 0. The molecule has 66 valence electrons. The van der Waals surface area contributed by atoms with E-state index in [9.17, 15) is 9.36 Å². The predicted molar refractivity (Wildman–Crippen MR) is 36.8 cm³/mol. The molecule has 7 heteroatoms. The second kappa shape index (κ2) is 3.10. The maximum absolute atomic E-state index is 10.2. The minimum atomic E-state index is -4.56. The first-order valence-electron chi connectivity index (χ1n) is 2.80. The zero-order valence-corrected chi connectivity index (χ0v) is 6.60. The third kappa shape index (κ3) is 2.50. The number of carbonyl (C=O) groups excluding carboxylic acids is 1. The van der Waals surface area contributed by atoms with Crippen LogP contribution in [0.3, 0.4) is 0 Å². The molecule has 0 radical (unpaired) electrons. The molecule has 1 rings (SSSR count). The summed E-state index contributed by atoms with van der Waals surface area (Å²) in [5.74, 6) is -0.233. The summed E-state index contributed by atoms with van der Waals surface area (Å²) >= 11 is 0. The van der Waals surface area contributed by atoms with Crippen LogP contribution in [-0.2, 0) is 4.57 Å². The maximum atomic E-state index is 10.2. The number of aldehydes is 1. The van der Waals surface area contributed by atoms with Crippen molar-refractivity contribution < 1.29 is 28.1 Å². The van der Waals surface area contributed by atoms with Crippen molar-refractivity contribution in [2.45, 2.75) is 0 Å². The molecule has 0 aliphatic rings. The van der Waals surface area contributed by atoms with E-state index in [0.717, 1.165) is 12.3 Å². The molecule has 0 bridgehead atoms. The molecular weight excluding hydrogens is 187 g/mol. The largest absolute Gasteiger partial charge is 0.524 e. The van der Waals surface area contributed by atoms with Crippen molar-refractivity contribution in [2.75, 3.05) is 0 Å². The van der Waals surface area contributed by atoms with Gasteiger partial charge in [-0.25, -0.2) is 4.57 Å². The maximum Gasteiger partial charge on any atom is 0.524 e. The molecule has 0 amide bonds. The molecular formula is C5H5O6P. The lowest BCUT2D eigenvalue weighted by molar-refractivity contribution is 0.110. The Balaban J connectivity index is 2.77. The van der Waals surface area contributed by atoms with E-state index in [1.807, 2.05) is 0 Å². The van der Waals surface area contributed by atoms with Crippen LogP contribution in [0, 0.1) is 0 Å². The molecule has 0 saturated heterocycles. The summed E-state index contributed by atoms with van der Waals surface area (Å²) in [6.07, 6.45) is 1.33. The normalized spacial score (nSPS) is 11.2. The molecule has 0 atom stereocenters. The van der Waals surface area contributed by atoms with Gasteiger partial charge >= 0.3 is 7.82 Å². The van der Waals surface area contributed by atoms with Gasteiger partial charge in [-0.1, -0.05) is 0 Å². The number of rotatable bonds is 3. The molecule has 0 fully saturated rings. The summed E-state index contributed by atoms with van der Waals surface area (Å²) in [7, 11) is -4.56. The van der Waals surface area contributed by atoms with Crippen LogP contribution in [0.1, 0.15) is 10.6 Å². The first-order chi connectivity index (χ1) is 5.51. The molecule has 0 spiro atoms. The Kier molecular flexibility index (Phi) is 2.32. The van der Waals surface area contributed by atoms with Crippen molar-refractivity contribution in [1.82, 2.24) is 0 Å². The van der Waals surface area contributed by atoms with E-state index in [4.69, 9.17) is 9.79 Å². The Hall–Kier alpha value is -1.10. The predicted octanol–water partition coefficient (Wildman–Crippen LogP) is 0.564. The van der Waals surface area contributed by atoms with Gasteiger partial charge in [0.25, 0.3) is 0 Å². The van der Waals surface area contributed by atoms with Crippen LogP contribution in [0.4, 0.5) is 0 Å². The first-order valence-corrected chi connectivity index (χ1v) is 4.33. The lowest BCUT2D eigenvalue weighted by Gasteiger charge is -2.01. The van der Waals surface area contributed by atoms with E-state index < -0.39 is 7.82 Å². The molecule has 6 nitrogen and oxygen atoms in total. The van der Waals surface area contributed by atoms with Gasteiger partial charge in [0.1, 0.15) is 6.26 Å². The van der Waals surface area contributed by atoms with Crippen LogP contribution in [0.15, 0.2) is 16.7 Å². The lowest BCUT2D eigenvalue weighted by atomic mass is 10.5. The quantitative estimate of drug-likeness (QED) is 0.536. The van der Waals surface area contributed by atoms with Gasteiger partial charge in [-0.3, -0.25) is 14.6 Å². The molecule has 0 unspecified atom stereocenters. The summed E-state index contributed by atoms with van der Waals surface area (Å²) in [5.41, 5.74) is 0. The van der Waals surface area contributed by atoms with E-state index in [2.05, 4.69) is 8.94 Å². The molecule has 1 aromatic rings. The molecule has 0 aliphatic carbocycles. The zero-order chi connectivity index (χ0) is 9.19. The number of phosphoric acid groups is 1. The monoisotopic (exact) mass is 192 g/mol.